The lowest BCUT2D eigenvalue weighted by Crippen LogP contribution is -2.04. The minimum absolute atomic E-state index is 0.0364. The zero-order chi connectivity index (χ0) is 12.5. The van der Waals surface area contributed by atoms with E-state index in [9.17, 15) is 18.3 Å². The highest BCUT2D eigenvalue weighted by Gasteiger charge is 2.16. The Kier molecular flexibility index (Phi) is 2.72. The van der Waals surface area contributed by atoms with E-state index in [4.69, 9.17) is 0 Å². The molecule has 0 fully saturated rings. The summed E-state index contributed by atoms with van der Waals surface area (Å²) in [5, 5.41) is 10.7. The number of hydrogen-bond donors (Lipinski definition) is 1. The maximum atomic E-state index is 11.5. The zero-order valence-electron chi connectivity index (χ0n) is 8.53. The van der Waals surface area contributed by atoms with Crippen LogP contribution >= 0.6 is 0 Å². The van der Waals surface area contributed by atoms with E-state index in [1.54, 1.807) is 12.1 Å². The normalized spacial score (nSPS) is 11.3. The molecule has 88 valence electrons. The van der Waals surface area contributed by atoms with Crippen LogP contribution in [0.1, 0.15) is 0 Å². The van der Waals surface area contributed by atoms with Crippen molar-refractivity contribution >= 4 is 27.4 Å². The van der Waals surface area contributed by atoms with E-state index in [2.05, 4.69) is 4.18 Å². The number of carbonyl (C=O) groups excluding carboxylic acids is 1. The predicted molar refractivity (Wildman–Crippen MR) is 59.9 cm³/mol. The van der Waals surface area contributed by atoms with Crippen LogP contribution in [0.2, 0.25) is 0 Å². The van der Waals surface area contributed by atoms with Crippen LogP contribution in [-0.4, -0.2) is 20.0 Å². The molecule has 0 saturated carbocycles. The number of rotatable bonds is 3. The first-order valence-electron chi connectivity index (χ1n) is 4.63. The molecule has 0 radical (unpaired) electrons. The van der Waals surface area contributed by atoms with Crippen LogP contribution in [0, 0.1) is 0 Å². The zero-order valence-corrected chi connectivity index (χ0v) is 9.35. The van der Waals surface area contributed by atoms with Crippen LogP contribution < -0.4 is 0 Å². The van der Waals surface area contributed by atoms with Gasteiger partial charge in [-0.1, -0.05) is 18.2 Å². The molecule has 1 N–H and O–H groups in total. The Labute approximate surface area is 97.4 Å². The molecule has 6 heteroatoms. The summed E-state index contributed by atoms with van der Waals surface area (Å²) in [6.07, 6.45) is 0. The second-order valence-corrected chi connectivity index (χ2v) is 4.88. The molecule has 0 spiro atoms. The van der Waals surface area contributed by atoms with Crippen LogP contribution in [0.4, 0.5) is 0 Å². The average Bonchev–Trinajstić information content (AvgIpc) is 2.29. The minimum Gasteiger partial charge on any atom is -0.507 e. The van der Waals surface area contributed by atoms with E-state index in [-0.39, 0.29) is 17.1 Å². The topological polar surface area (TPSA) is 80.7 Å². The maximum Gasteiger partial charge on any atom is 0.341 e. The largest absolute Gasteiger partial charge is 0.507 e. The van der Waals surface area contributed by atoms with Gasteiger partial charge in [0, 0.05) is 5.39 Å². The molecule has 2 rings (SSSR count). The standard InChI is InChI=1S/C11H8O5S/c12-7-16-17(14,15)9-5-4-8-2-1-3-11(13)10(8)6-9/h1-7,13H. The molecule has 0 saturated heterocycles. The number of hydrogen-bond acceptors (Lipinski definition) is 5. The van der Waals surface area contributed by atoms with Crippen molar-refractivity contribution < 1.29 is 22.5 Å². The van der Waals surface area contributed by atoms with E-state index in [1.807, 2.05) is 0 Å². The highest BCUT2D eigenvalue weighted by molar-refractivity contribution is 7.87. The van der Waals surface area contributed by atoms with E-state index in [0.717, 1.165) is 0 Å². The van der Waals surface area contributed by atoms with Gasteiger partial charge in [-0.3, -0.25) is 4.79 Å². The summed E-state index contributed by atoms with van der Waals surface area (Å²) in [6, 6.07) is 8.90. The van der Waals surface area contributed by atoms with Gasteiger partial charge in [-0.15, -0.1) is 0 Å². The molecule has 0 aliphatic carbocycles. The fraction of sp³-hybridized carbons (Fsp3) is 0. The maximum absolute atomic E-state index is 11.5. The molecule has 0 aliphatic heterocycles. The molecular weight excluding hydrogens is 244 g/mol. The first-order valence-corrected chi connectivity index (χ1v) is 6.04. The van der Waals surface area contributed by atoms with Gasteiger partial charge in [0.1, 0.15) is 10.6 Å². The Morgan fingerprint density at radius 1 is 1.18 bits per heavy atom. The third kappa shape index (κ3) is 2.07. The molecular formula is C11H8O5S. The minimum atomic E-state index is -4.10. The Bertz CT molecular complexity index is 675. The van der Waals surface area contributed by atoms with Gasteiger partial charge < -0.3 is 9.29 Å². The van der Waals surface area contributed by atoms with E-state index < -0.39 is 10.1 Å². The van der Waals surface area contributed by atoms with Crippen molar-refractivity contribution in [2.24, 2.45) is 0 Å². The van der Waals surface area contributed by atoms with Crippen molar-refractivity contribution in [1.82, 2.24) is 0 Å². The quantitative estimate of drug-likeness (QED) is 0.659. The van der Waals surface area contributed by atoms with Gasteiger partial charge in [-0.05, 0) is 23.6 Å². The van der Waals surface area contributed by atoms with Gasteiger partial charge >= 0.3 is 16.6 Å². The first kappa shape index (κ1) is 11.4. The third-order valence-corrected chi connectivity index (χ3v) is 3.45. The Morgan fingerprint density at radius 2 is 1.94 bits per heavy atom. The molecule has 0 heterocycles. The second-order valence-electron chi connectivity index (χ2n) is 3.31. The number of phenolic OH excluding ortho intramolecular Hbond substituents is 1. The molecule has 0 unspecified atom stereocenters. The lowest BCUT2D eigenvalue weighted by molar-refractivity contribution is -0.120. The lowest BCUT2D eigenvalue weighted by Gasteiger charge is -2.04. The van der Waals surface area contributed by atoms with Gasteiger partial charge in [-0.2, -0.15) is 8.42 Å². The molecule has 2 aromatic carbocycles. The average molecular weight is 252 g/mol. The summed E-state index contributed by atoms with van der Waals surface area (Å²) in [4.78, 5) is 9.89. The van der Waals surface area contributed by atoms with E-state index in [0.29, 0.717) is 10.8 Å². The van der Waals surface area contributed by atoms with Crippen molar-refractivity contribution in [3.8, 4) is 5.75 Å². The number of aromatic hydroxyl groups is 1. The molecule has 0 bridgehead atoms. The fourth-order valence-corrected chi connectivity index (χ4v) is 2.21. The van der Waals surface area contributed by atoms with Crippen molar-refractivity contribution in [2.45, 2.75) is 4.90 Å². The third-order valence-electron chi connectivity index (χ3n) is 2.29. The second kappa shape index (κ2) is 4.06. The lowest BCUT2D eigenvalue weighted by atomic mass is 10.1. The molecule has 0 aromatic heterocycles. The number of fused-ring (bicyclic) bond motifs is 1. The van der Waals surface area contributed by atoms with Gasteiger partial charge in [-0.25, -0.2) is 0 Å². The molecule has 2 aromatic rings. The van der Waals surface area contributed by atoms with Crippen LogP contribution in [0.25, 0.3) is 10.8 Å². The molecule has 0 aliphatic rings. The highest BCUT2D eigenvalue weighted by Crippen LogP contribution is 2.27. The van der Waals surface area contributed by atoms with E-state index in [1.165, 1.54) is 24.3 Å². The summed E-state index contributed by atoms with van der Waals surface area (Å²) in [5.41, 5.74) is 0. The van der Waals surface area contributed by atoms with Crippen molar-refractivity contribution in [3.05, 3.63) is 36.4 Å². The van der Waals surface area contributed by atoms with Crippen LogP contribution in [0.3, 0.4) is 0 Å². The van der Waals surface area contributed by atoms with Crippen LogP contribution in [0.15, 0.2) is 41.3 Å². The van der Waals surface area contributed by atoms with Crippen LogP contribution in [0.5, 0.6) is 5.75 Å². The van der Waals surface area contributed by atoms with Crippen molar-refractivity contribution in [2.75, 3.05) is 0 Å². The predicted octanol–water partition coefficient (Wildman–Crippen LogP) is 1.41. The van der Waals surface area contributed by atoms with Gasteiger partial charge in [0.2, 0.25) is 0 Å². The smallest absolute Gasteiger partial charge is 0.341 e. The van der Waals surface area contributed by atoms with Crippen molar-refractivity contribution in [3.63, 3.8) is 0 Å². The summed E-state index contributed by atoms with van der Waals surface area (Å²) in [7, 11) is -4.10. The van der Waals surface area contributed by atoms with Gasteiger partial charge in [0.15, 0.2) is 0 Å². The summed E-state index contributed by atoms with van der Waals surface area (Å²) >= 11 is 0. The summed E-state index contributed by atoms with van der Waals surface area (Å²) < 4.78 is 26.9. The Morgan fingerprint density at radius 3 is 2.65 bits per heavy atom. The first-order chi connectivity index (χ1) is 8.04. The summed E-state index contributed by atoms with van der Waals surface area (Å²) in [5.74, 6) is -0.0364. The number of phenols is 1. The molecule has 0 atom stereocenters. The van der Waals surface area contributed by atoms with Gasteiger partial charge in [0.05, 0.1) is 0 Å². The van der Waals surface area contributed by atoms with E-state index >= 15 is 0 Å². The summed E-state index contributed by atoms with van der Waals surface area (Å²) in [6.45, 7) is -0.148. The van der Waals surface area contributed by atoms with Crippen molar-refractivity contribution in [1.29, 1.82) is 0 Å². The number of carbonyl (C=O) groups is 1. The Hall–Kier alpha value is -2.08. The SMILES string of the molecule is O=COS(=O)(=O)c1ccc2cccc(O)c2c1. The molecule has 0 amide bonds. The highest BCUT2D eigenvalue weighted by atomic mass is 32.2. The van der Waals surface area contributed by atoms with Gasteiger partial charge in [0.25, 0.3) is 0 Å². The number of benzene rings is 2. The Balaban J connectivity index is 2.66. The fourth-order valence-electron chi connectivity index (χ4n) is 1.50. The monoisotopic (exact) mass is 252 g/mol. The molecule has 5 nitrogen and oxygen atoms in total. The molecule has 17 heavy (non-hydrogen) atoms. The van der Waals surface area contributed by atoms with Crippen LogP contribution in [-0.2, 0) is 19.1 Å².